The third-order valence-electron chi connectivity index (χ3n) is 2.71. The average Bonchev–Trinajstić information content (AvgIpc) is 2.94. The van der Waals surface area contributed by atoms with Crippen LogP contribution in [0.15, 0.2) is 17.8 Å². The predicted molar refractivity (Wildman–Crippen MR) is 74.4 cm³/mol. The molecule has 2 aromatic heterocycles. The van der Waals surface area contributed by atoms with Gasteiger partial charge in [-0.15, -0.1) is 11.3 Å². The monoisotopic (exact) mass is 312 g/mol. The molecule has 0 aliphatic carbocycles. The Kier molecular flexibility index (Phi) is 4.89. The Bertz CT molecular complexity index is 630. The number of hydrogen-bond donors (Lipinski definition) is 1. The van der Waals surface area contributed by atoms with Crippen LogP contribution in [0.25, 0.3) is 0 Å². The summed E-state index contributed by atoms with van der Waals surface area (Å²) < 4.78 is 25.0. The van der Waals surface area contributed by atoms with E-state index in [-0.39, 0.29) is 12.2 Å². The lowest BCUT2D eigenvalue weighted by Crippen LogP contribution is -2.24. The van der Waals surface area contributed by atoms with Gasteiger partial charge in [-0.25, -0.2) is 23.7 Å². The highest BCUT2D eigenvalue weighted by molar-refractivity contribution is 7.09. The van der Waals surface area contributed by atoms with Crippen LogP contribution >= 0.6 is 11.3 Å². The highest BCUT2D eigenvalue weighted by Gasteiger charge is 2.14. The molecule has 1 N–H and O–H groups in total. The lowest BCUT2D eigenvalue weighted by molar-refractivity contribution is 0.0944. The molecule has 0 atom stereocenters. The topological polar surface area (TPSA) is 67.8 Å². The SMILES string of the molecule is CC(C)c1csc(CNC(=O)c2cc(C(F)F)ncn2)n1. The van der Waals surface area contributed by atoms with Crippen LogP contribution in [-0.2, 0) is 6.54 Å². The molecule has 0 fully saturated rings. The molecule has 5 nitrogen and oxygen atoms in total. The number of rotatable bonds is 5. The van der Waals surface area contributed by atoms with Gasteiger partial charge in [0.2, 0.25) is 0 Å². The number of thiazole rings is 1. The number of carbonyl (C=O) groups is 1. The summed E-state index contributed by atoms with van der Waals surface area (Å²) in [6.07, 6.45) is -1.77. The molecule has 8 heteroatoms. The van der Waals surface area contributed by atoms with Gasteiger partial charge in [-0.2, -0.15) is 0 Å². The average molecular weight is 312 g/mol. The van der Waals surface area contributed by atoms with Gasteiger partial charge in [0.25, 0.3) is 12.3 Å². The smallest absolute Gasteiger partial charge is 0.280 e. The van der Waals surface area contributed by atoms with E-state index in [0.29, 0.717) is 5.92 Å². The number of nitrogens with one attached hydrogen (secondary N) is 1. The Balaban J connectivity index is 1.99. The summed E-state index contributed by atoms with van der Waals surface area (Å²) in [5.41, 5.74) is 0.415. The third-order valence-corrected chi connectivity index (χ3v) is 3.57. The zero-order chi connectivity index (χ0) is 15.4. The van der Waals surface area contributed by atoms with Gasteiger partial charge in [-0.05, 0) is 12.0 Å². The maximum absolute atomic E-state index is 12.5. The standard InChI is InChI=1S/C13H14F2N4OS/c1-7(2)10-5-21-11(19-10)4-16-13(20)9-3-8(12(14)15)17-6-18-9/h3,5-7,12H,4H2,1-2H3,(H,16,20). The fraction of sp³-hybridized carbons (Fsp3) is 0.385. The molecule has 1 amide bonds. The number of halogens is 2. The number of alkyl halides is 2. The molecule has 0 aliphatic heterocycles. The minimum Gasteiger partial charge on any atom is -0.344 e. The summed E-state index contributed by atoms with van der Waals surface area (Å²) in [6, 6.07) is 0.987. The van der Waals surface area contributed by atoms with Crippen molar-refractivity contribution in [3.63, 3.8) is 0 Å². The highest BCUT2D eigenvalue weighted by Crippen LogP contribution is 2.18. The molecule has 0 saturated heterocycles. The summed E-state index contributed by atoms with van der Waals surface area (Å²) in [6.45, 7) is 4.30. The number of hydrogen-bond acceptors (Lipinski definition) is 5. The Morgan fingerprint density at radius 2 is 2.10 bits per heavy atom. The molecule has 0 radical (unpaired) electrons. The minimum absolute atomic E-state index is 0.0825. The van der Waals surface area contributed by atoms with E-state index in [2.05, 4.69) is 20.3 Å². The van der Waals surface area contributed by atoms with Gasteiger partial charge in [0, 0.05) is 5.38 Å². The van der Waals surface area contributed by atoms with Gasteiger partial charge in [-0.3, -0.25) is 4.79 Å². The van der Waals surface area contributed by atoms with E-state index in [1.807, 2.05) is 19.2 Å². The zero-order valence-electron chi connectivity index (χ0n) is 11.5. The van der Waals surface area contributed by atoms with Gasteiger partial charge >= 0.3 is 0 Å². The second kappa shape index (κ2) is 6.66. The lowest BCUT2D eigenvalue weighted by Gasteiger charge is -2.04. The number of amides is 1. The first-order valence-electron chi connectivity index (χ1n) is 6.30. The summed E-state index contributed by atoms with van der Waals surface area (Å²) in [4.78, 5) is 23.3. The van der Waals surface area contributed by atoms with E-state index in [1.54, 1.807) is 0 Å². The summed E-state index contributed by atoms with van der Waals surface area (Å²) >= 11 is 1.44. The fourth-order valence-electron chi connectivity index (χ4n) is 1.53. The first kappa shape index (κ1) is 15.4. The molecular weight excluding hydrogens is 298 g/mol. The van der Waals surface area contributed by atoms with Crippen molar-refractivity contribution in [2.75, 3.05) is 0 Å². The largest absolute Gasteiger partial charge is 0.344 e. The van der Waals surface area contributed by atoms with Crippen LogP contribution in [0, 0.1) is 0 Å². The molecule has 2 heterocycles. The van der Waals surface area contributed by atoms with Crippen molar-refractivity contribution >= 4 is 17.2 Å². The Hall–Kier alpha value is -1.96. The molecule has 0 aliphatic rings. The number of carbonyl (C=O) groups excluding carboxylic acids is 1. The van der Waals surface area contributed by atoms with Crippen LogP contribution in [-0.4, -0.2) is 20.9 Å². The number of nitrogens with zero attached hydrogens (tertiary/aromatic N) is 3. The van der Waals surface area contributed by atoms with Crippen molar-refractivity contribution in [3.05, 3.63) is 39.9 Å². The lowest BCUT2D eigenvalue weighted by atomic mass is 10.2. The molecule has 2 aromatic rings. The van der Waals surface area contributed by atoms with Gasteiger partial charge in [0.15, 0.2) is 0 Å². The maximum atomic E-state index is 12.5. The summed E-state index contributed by atoms with van der Waals surface area (Å²) in [5, 5.41) is 5.30. The van der Waals surface area contributed by atoms with Crippen LogP contribution in [0.4, 0.5) is 8.78 Å². The molecule has 0 bridgehead atoms. The highest BCUT2D eigenvalue weighted by atomic mass is 32.1. The van der Waals surface area contributed by atoms with Crippen molar-refractivity contribution in [2.24, 2.45) is 0 Å². The van der Waals surface area contributed by atoms with E-state index < -0.39 is 18.0 Å². The zero-order valence-corrected chi connectivity index (χ0v) is 12.3. The third kappa shape index (κ3) is 4.01. The summed E-state index contributed by atoms with van der Waals surface area (Å²) in [5.74, 6) is -0.207. The molecule has 2 rings (SSSR count). The predicted octanol–water partition coefficient (Wildman–Crippen LogP) is 2.92. The van der Waals surface area contributed by atoms with Crippen molar-refractivity contribution in [1.82, 2.24) is 20.3 Å². The number of aromatic nitrogens is 3. The first-order valence-corrected chi connectivity index (χ1v) is 7.18. The molecule has 0 spiro atoms. The molecule has 0 unspecified atom stereocenters. The quantitative estimate of drug-likeness (QED) is 0.921. The molecule has 21 heavy (non-hydrogen) atoms. The van der Waals surface area contributed by atoms with Crippen molar-refractivity contribution < 1.29 is 13.6 Å². The molecule has 0 aromatic carbocycles. The van der Waals surface area contributed by atoms with E-state index in [1.165, 1.54) is 11.3 Å². The second-order valence-corrected chi connectivity index (χ2v) is 5.57. The van der Waals surface area contributed by atoms with E-state index in [0.717, 1.165) is 23.1 Å². The van der Waals surface area contributed by atoms with E-state index in [9.17, 15) is 13.6 Å². The van der Waals surface area contributed by atoms with E-state index >= 15 is 0 Å². The molecular formula is C13H14F2N4OS. The van der Waals surface area contributed by atoms with Crippen molar-refractivity contribution in [1.29, 1.82) is 0 Å². The van der Waals surface area contributed by atoms with Gasteiger partial charge in [-0.1, -0.05) is 13.8 Å². The van der Waals surface area contributed by atoms with Crippen LogP contribution < -0.4 is 5.32 Å². The van der Waals surface area contributed by atoms with Crippen molar-refractivity contribution in [2.45, 2.75) is 32.7 Å². The fourth-order valence-corrected chi connectivity index (χ4v) is 2.43. The van der Waals surface area contributed by atoms with Gasteiger partial charge in [0.05, 0.1) is 12.2 Å². The Morgan fingerprint density at radius 1 is 1.33 bits per heavy atom. The second-order valence-electron chi connectivity index (χ2n) is 4.63. The van der Waals surface area contributed by atoms with Crippen LogP contribution in [0.3, 0.4) is 0 Å². The normalized spacial score (nSPS) is 11.1. The van der Waals surface area contributed by atoms with Gasteiger partial charge in [0.1, 0.15) is 22.7 Å². The van der Waals surface area contributed by atoms with Gasteiger partial charge < -0.3 is 5.32 Å². The Morgan fingerprint density at radius 3 is 2.71 bits per heavy atom. The Labute approximate surface area is 124 Å². The summed E-state index contributed by atoms with van der Waals surface area (Å²) in [7, 11) is 0. The minimum atomic E-state index is -2.73. The van der Waals surface area contributed by atoms with E-state index in [4.69, 9.17) is 0 Å². The molecule has 112 valence electrons. The first-order chi connectivity index (χ1) is 9.97. The van der Waals surface area contributed by atoms with Crippen LogP contribution in [0.2, 0.25) is 0 Å². The molecule has 0 saturated carbocycles. The van der Waals surface area contributed by atoms with Crippen LogP contribution in [0.1, 0.15) is 53.1 Å². The van der Waals surface area contributed by atoms with Crippen LogP contribution in [0.5, 0.6) is 0 Å². The maximum Gasteiger partial charge on any atom is 0.280 e. The van der Waals surface area contributed by atoms with Crippen molar-refractivity contribution in [3.8, 4) is 0 Å².